The van der Waals surface area contributed by atoms with Crippen LogP contribution in [0.1, 0.15) is 37.4 Å². The van der Waals surface area contributed by atoms with Crippen LogP contribution in [0.15, 0.2) is 22.7 Å². The van der Waals surface area contributed by atoms with Gasteiger partial charge in [-0.2, -0.15) is 0 Å². The van der Waals surface area contributed by atoms with E-state index in [9.17, 15) is 0 Å². The Morgan fingerprint density at radius 3 is 2.53 bits per heavy atom. The predicted octanol–water partition coefficient (Wildman–Crippen LogP) is 4.23. The molecule has 0 bridgehead atoms. The Bertz CT molecular complexity index is 314. The molecule has 1 rings (SSSR count). The largest absolute Gasteiger partial charge is 0.324 e. The van der Waals surface area contributed by atoms with Gasteiger partial charge in [-0.25, -0.2) is 0 Å². The molecule has 1 unspecified atom stereocenters. The summed E-state index contributed by atoms with van der Waals surface area (Å²) in [5, 5.41) is 0. The lowest BCUT2D eigenvalue weighted by atomic mass is 9.91. The van der Waals surface area contributed by atoms with Crippen molar-refractivity contribution in [1.29, 1.82) is 0 Å². The highest BCUT2D eigenvalue weighted by atomic mass is 79.9. The molecule has 15 heavy (non-hydrogen) atoms. The lowest BCUT2D eigenvalue weighted by molar-refractivity contribution is 0.455. The Kier molecular flexibility index (Phi) is 6.49. The van der Waals surface area contributed by atoms with Gasteiger partial charge in [-0.15, -0.1) is 12.4 Å². The van der Waals surface area contributed by atoms with Crippen LogP contribution in [0.25, 0.3) is 0 Å². The summed E-state index contributed by atoms with van der Waals surface area (Å²) in [4.78, 5) is 0. The molecule has 86 valence electrons. The van der Waals surface area contributed by atoms with Crippen LogP contribution < -0.4 is 5.73 Å². The molecule has 2 atom stereocenters. The van der Waals surface area contributed by atoms with Gasteiger partial charge < -0.3 is 5.73 Å². The summed E-state index contributed by atoms with van der Waals surface area (Å²) in [7, 11) is 0. The molecule has 0 aromatic heterocycles. The molecule has 1 aromatic rings. The van der Waals surface area contributed by atoms with Crippen LogP contribution in [-0.4, -0.2) is 0 Å². The number of hydrogen-bond donors (Lipinski definition) is 1. The van der Waals surface area contributed by atoms with Gasteiger partial charge in [0, 0.05) is 10.5 Å². The molecule has 0 amide bonds. The molecule has 1 nitrogen and oxygen atoms in total. The summed E-state index contributed by atoms with van der Waals surface area (Å²) in [6, 6.07) is 6.45. The van der Waals surface area contributed by atoms with Gasteiger partial charge in [0.25, 0.3) is 0 Å². The van der Waals surface area contributed by atoms with Crippen molar-refractivity contribution >= 4 is 28.3 Å². The van der Waals surface area contributed by atoms with Crippen LogP contribution in [0, 0.1) is 12.8 Å². The minimum absolute atomic E-state index is 0. The standard InChI is InChI=1S/C12H18BrN.ClH/c1-4-8(2)12(14)11-7-10(13)6-5-9(11)3;/h5-8,12H,4,14H2,1-3H3;1H/t8?,12-;/m0./s1. The molecule has 0 heterocycles. The highest BCUT2D eigenvalue weighted by Crippen LogP contribution is 2.26. The third-order valence-electron chi connectivity index (χ3n) is 2.86. The normalized spacial score (nSPS) is 14.2. The van der Waals surface area contributed by atoms with E-state index in [0.717, 1.165) is 10.9 Å². The average Bonchev–Trinajstić information content (AvgIpc) is 2.19. The fourth-order valence-corrected chi connectivity index (χ4v) is 1.91. The average molecular weight is 293 g/mol. The zero-order chi connectivity index (χ0) is 10.7. The van der Waals surface area contributed by atoms with Crippen molar-refractivity contribution in [2.24, 2.45) is 11.7 Å². The second kappa shape index (κ2) is 6.51. The molecule has 0 spiro atoms. The van der Waals surface area contributed by atoms with E-state index >= 15 is 0 Å². The molecule has 0 aliphatic rings. The molecule has 3 heteroatoms. The lowest BCUT2D eigenvalue weighted by Crippen LogP contribution is -2.19. The smallest absolute Gasteiger partial charge is 0.0323 e. The molecule has 2 N–H and O–H groups in total. The van der Waals surface area contributed by atoms with Crippen molar-refractivity contribution in [2.45, 2.75) is 33.2 Å². The molecule has 0 saturated heterocycles. The van der Waals surface area contributed by atoms with E-state index in [1.807, 2.05) is 0 Å². The van der Waals surface area contributed by atoms with Crippen molar-refractivity contribution in [3.8, 4) is 0 Å². The third kappa shape index (κ3) is 3.78. The number of nitrogens with two attached hydrogens (primary N) is 1. The molecule has 0 aliphatic carbocycles. The van der Waals surface area contributed by atoms with Crippen LogP contribution >= 0.6 is 28.3 Å². The lowest BCUT2D eigenvalue weighted by Gasteiger charge is -2.20. The first-order chi connectivity index (χ1) is 6.56. The maximum atomic E-state index is 6.20. The molecular weight excluding hydrogens is 273 g/mol. The molecule has 1 aromatic carbocycles. The van der Waals surface area contributed by atoms with E-state index in [-0.39, 0.29) is 18.4 Å². The van der Waals surface area contributed by atoms with E-state index in [1.54, 1.807) is 0 Å². The zero-order valence-electron chi connectivity index (χ0n) is 9.46. The number of halogens is 2. The second-order valence-corrected chi connectivity index (χ2v) is 4.83. The van der Waals surface area contributed by atoms with Crippen molar-refractivity contribution in [3.05, 3.63) is 33.8 Å². The van der Waals surface area contributed by atoms with E-state index in [1.165, 1.54) is 11.1 Å². The fraction of sp³-hybridized carbons (Fsp3) is 0.500. The third-order valence-corrected chi connectivity index (χ3v) is 3.35. The maximum Gasteiger partial charge on any atom is 0.0323 e. The van der Waals surface area contributed by atoms with Gasteiger partial charge in [0.05, 0.1) is 0 Å². The summed E-state index contributed by atoms with van der Waals surface area (Å²) in [6.07, 6.45) is 1.12. The number of hydrogen-bond acceptors (Lipinski definition) is 1. The predicted molar refractivity (Wildman–Crippen MR) is 72.5 cm³/mol. The number of benzene rings is 1. The Hall–Kier alpha value is -0.0500. The minimum atomic E-state index is 0. The topological polar surface area (TPSA) is 26.0 Å². The van der Waals surface area contributed by atoms with Crippen molar-refractivity contribution in [2.75, 3.05) is 0 Å². The summed E-state index contributed by atoms with van der Waals surface area (Å²) >= 11 is 3.48. The van der Waals surface area contributed by atoms with Crippen LogP contribution in [0.2, 0.25) is 0 Å². The first-order valence-corrected chi connectivity index (χ1v) is 5.87. The fourth-order valence-electron chi connectivity index (χ4n) is 1.53. The van der Waals surface area contributed by atoms with E-state index in [4.69, 9.17) is 5.73 Å². The van der Waals surface area contributed by atoms with E-state index in [2.05, 4.69) is 54.9 Å². The highest BCUT2D eigenvalue weighted by Gasteiger charge is 2.15. The first kappa shape index (κ1) is 14.9. The monoisotopic (exact) mass is 291 g/mol. The van der Waals surface area contributed by atoms with Crippen LogP contribution in [0.4, 0.5) is 0 Å². The van der Waals surface area contributed by atoms with Gasteiger partial charge in [-0.1, -0.05) is 42.3 Å². The van der Waals surface area contributed by atoms with Gasteiger partial charge in [0.1, 0.15) is 0 Å². The first-order valence-electron chi connectivity index (χ1n) is 5.08. The van der Waals surface area contributed by atoms with E-state index < -0.39 is 0 Å². The Morgan fingerprint density at radius 2 is 2.00 bits per heavy atom. The van der Waals surface area contributed by atoms with Crippen LogP contribution in [0.3, 0.4) is 0 Å². The summed E-state index contributed by atoms with van der Waals surface area (Å²) in [5.41, 5.74) is 8.73. The van der Waals surface area contributed by atoms with Crippen molar-refractivity contribution in [1.82, 2.24) is 0 Å². The van der Waals surface area contributed by atoms with E-state index in [0.29, 0.717) is 5.92 Å². The summed E-state index contributed by atoms with van der Waals surface area (Å²) < 4.78 is 1.11. The van der Waals surface area contributed by atoms with Gasteiger partial charge in [-0.05, 0) is 36.1 Å². The van der Waals surface area contributed by atoms with Crippen molar-refractivity contribution < 1.29 is 0 Å². The summed E-state index contributed by atoms with van der Waals surface area (Å²) in [6.45, 7) is 6.49. The van der Waals surface area contributed by atoms with Crippen LogP contribution in [0.5, 0.6) is 0 Å². The van der Waals surface area contributed by atoms with Gasteiger partial charge >= 0.3 is 0 Å². The Labute approximate surface area is 107 Å². The quantitative estimate of drug-likeness (QED) is 0.886. The maximum absolute atomic E-state index is 6.20. The molecular formula is C12H19BrClN. The second-order valence-electron chi connectivity index (χ2n) is 3.91. The summed E-state index contributed by atoms with van der Waals surface area (Å²) in [5.74, 6) is 0.531. The van der Waals surface area contributed by atoms with Crippen molar-refractivity contribution in [3.63, 3.8) is 0 Å². The zero-order valence-corrected chi connectivity index (χ0v) is 11.9. The minimum Gasteiger partial charge on any atom is -0.324 e. The number of rotatable bonds is 3. The molecule has 0 aliphatic heterocycles. The van der Waals surface area contributed by atoms with Crippen LogP contribution in [-0.2, 0) is 0 Å². The number of aryl methyl sites for hydroxylation is 1. The molecule has 0 saturated carbocycles. The van der Waals surface area contributed by atoms with Gasteiger partial charge in [0.2, 0.25) is 0 Å². The van der Waals surface area contributed by atoms with Gasteiger partial charge in [0.15, 0.2) is 0 Å². The SMILES string of the molecule is CCC(C)[C@H](N)c1cc(Br)ccc1C.Cl. The Balaban J connectivity index is 0.00000196. The van der Waals surface area contributed by atoms with Gasteiger partial charge in [-0.3, -0.25) is 0 Å². The molecule has 0 radical (unpaired) electrons. The highest BCUT2D eigenvalue weighted by molar-refractivity contribution is 9.10. The molecule has 0 fully saturated rings. The Morgan fingerprint density at radius 1 is 1.40 bits per heavy atom.